The lowest BCUT2D eigenvalue weighted by Crippen LogP contribution is -2.25. The predicted octanol–water partition coefficient (Wildman–Crippen LogP) is 3.55. The summed E-state index contributed by atoms with van der Waals surface area (Å²) in [5, 5.41) is 0.642. The summed E-state index contributed by atoms with van der Waals surface area (Å²) in [6.07, 6.45) is 1.89. The Kier molecular flexibility index (Phi) is 4.21. The van der Waals surface area contributed by atoms with Crippen molar-refractivity contribution in [3.8, 4) is 0 Å². The highest BCUT2D eigenvalue weighted by molar-refractivity contribution is 14.1. The summed E-state index contributed by atoms with van der Waals surface area (Å²) in [5.41, 5.74) is 0.695. The second-order valence-corrected chi connectivity index (χ2v) is 5.48. The van der Waals surface area contributed by atoms with E-state index in [9.17, 15) is 4.79 Å². The van der Waals surface area contributed by atoms with Crippen LogP contribution in [0.2, 0.25) is 5.02 Å². The van der Waals surface area contributed by atoms with Crippen LogP contribution in [0.25, 0.3) is 0 Å². The van der Waals surface area contributed by atoms with Crippen LogP contribution in [-0.2, 0) is 4.74 Å². The lowest BCUT2D eigenvalue weighted by atomic mass is 9.93. The van der Waals surface area contributed by atoms with Crippen molar-refractivity contribution in [3.63, 3.8) is 0 Å². The van der Waals surface area contributed by atoms with E-state index in [0.717, 1.165) is 23.0 Å². The zero-order chi connectivity index (χ0) is 11.5. The second kappa shape index (κ2) is 5.47. The summed E-state index contributed by atoms with van der Waals surface area (Å²) in [6.45, 7) is 1.32. The van der Waals surface area contributed by atoms with Crippen molar-refractivity contribution in [3.05, 3.63) is 32.4 Å². The third-order valence-electron chi connectivity index (χ3n) is 2.74. The molecule has 0 bridgehead atoms. The molecule has 4 heteroatoms. The van der Waals surface area contributed by atoms with E-state index in [1.54, 1.807) is 6.07 Å². The maximum atomic E-state index is 12.1. The zero-order valence-corrected chi connectivity index (χ0v) is 11.6. The van der Waals surface area contributed by atoms with Gasteiger partial charge < -0.3 is 4.74 Å². The van der Waals surface area contributed by atoms with Crippen molar-refractivity contribution in [1.29, 1.82) is 0 Å². The molecule has 2 rings (SSSR count). The van der Waals surface area contributed by atoms with E-state index in [4.69, 9.17) is 16.3 Å². The number of benzene rings is 1. The van der Waals surface area contributed by atoms with Crippen LogP contribution in [0.1, 0.15) is 23.2 Å². The van der Waals surface area contributed by atoms with Crippen LogP contribution in [-0.4, -0.2) is 19.0 Å². The molecule has 1 atom stereocenters. The molecule has 86 valence electrons. The molecule has 0 N–H and O–H groups in total. The SMILES string of the molecule is O=C(c1ccc(I)c(Cl)c1)C1CCCOC1. The Balaban J connectivity index is 2.16. The van der Waals surface area contributed by atoms with Crippen LogP contribution in [0.5, 0.6) is 0 Å². The van der Waals surface area contributed by atoms with Gasteiger partial charge in [-0.1, -0.05) is 17.7 Å². The van der Waals surface area contributed by atoms with Crippen LogP contribution in [0.15, 0.2) is 18.2 Å². The van der Waals surface area contributed by atoms with Crippen LogP contribution in [0, 0.1) is 9.49 Å². The Bertz CT molecular complexity index is 400. The highest BCUT2D eigenvalue weighted by Crippen LogP contribution is 2.24. The maximum Gasteiger partial charge on any atom is 0.168 e. The number of ketones is 1. The molecule has 0 amide bonds. The molecule has 1 aliphatic heterocycles. The first-order valence-corrected chi connectivity index (χ1v) is 6.71. The first kappa shape index (κ1) is 12.3. The van der Waals surface area contributed by atoms with Gasteiger partial charge in [-0.25, -0.2) is 0 Å². The summed E-state index contributed by atoms with van der Waals surface area (Å²) in [6, 6.07) is 5.46. The van der Waals surface area contributed by atoms with E-state index in [-0.39, 0.29) is 11.7 Å². The number of halogens is 2. The van der Waals surface area contributed by atoms with Crippen LogP contribution in [0.4, 0.5) is 0 Å². The first-order chi connectivity index (χ1) is 7.68. The normalized spacial score (nSPS) is 20.8. The highest BCUT2D eigenvalue weighted by Gasteiger charge is 2.23. The molecule has 0 radical (unpaired) electrons. The molecule has 0 saturated carbocycles. The quantitative estimate of drug-likeness (QED) is 0.602. The number of rotatable bonds is 2. The predicted molar refractivity (Wildman–Crippen MR) is 72.0 cm³/mol. The minimum Gasteiger partial charge on any atom is -0.381 e. The van der Waals surface area contributed by atoms with Crippen molar-refractivity contribution in [2.45, 2.75) is 12.8 Å². The topological polar surface area (TPSA) is 26.3 Å². The van der Waals surface area contributed by atoms with Gasteiger partial charge in [-0.05, 0) is 47.6 Å². The molecule has 1 aromatic carbocycles. The van der Waals surface area contributed by atoms with Gasteiger partial charge in [0.1, 0.15) is 0 Å². The van der Waals surface area contributed by atoms with Gasteiger partial charge in [-0.3, -0.25) is 4.79 Å². The molecule has 1 aromatic rings. The van der Waals surface area contributed by atoms with Gasteiger partial charge >= 0.3 is 0 Å². The molecule has 1 saturated heterocycles. The Morgan fingerprint density at radius 2 is 2.31 bits per heavy atom. The van der Waals surface area contributed by atoms with Crippen LogP contribution >= 0.6 is 34.2 Å². The fourth-order valence-electron chi connectivity index (χ4n) is 1.83. The molecule has 1 heterocycles. The average molecular weight is 351 g/mol. The summed E-state index contributed by atoms with van der Waals surface area (Å²) >= 11 is 8.16. The summed E-state index contributed by atoms with van der Waals surface area (Å²) in [4.78, 5) is 12.1. The largest absolute Gasteiger partial charge is 0.381 e. The van der Waals surface area contributed by atoms with Crippen molar-refractivity contribution < 1.29 is 9.53 Å². The molecule has 2 nitrogen and oxygen atoms in total. The molecule has 1 unspecified atom stereocenters. The number of hydrogen-bond acceptors (Lipinski definition) is 2. The zero-order valence-electron chi connectivity index (χ0n) is 8.71. The second-order valence-electron chi connectivity index (χ2n) is 3.91. The number of carbonyl (C=O) groups excluding carboxylic acids is 1. The number of hydrogen-bond donors (Lipinski definition) is 0. The molecule has 16 heavy (non-hydrogen) atoms. The molecule has 1 aliphatic rings. The average Bonchev–Trinajstić information content (AvgIpc) is 2.33. The third kappa shape index (κ3) is 2.76. The Morgan fingerprint density at radius 3 is 2.94 bits per heavy atom. The number of carbonyl (C=O) groups is 1. The van der Waals surface area contributed by atoms with E-state index in [0.29, 0.717) is 17.2 Å². The van der Waals surface area contributed by atoms with Gasteiger partial charge in [0.05, 0.1) is 11.6 Å². The van der Waals surface area contributed by atoms with E-state index in [1.807, 2.05) is 12.1 Å². The van der Waals surface area contributed by atoms with Crippen molar-refractivity contribution in [2.24, 2.45) is 5.92 Å². The van der Waals surface area contributed by atoms with E-state index < -0.39 is 0 Å². The first-order valence-electron chi connectivity index (χ1n) is 5.25. The monoisotopic (exact) mass is 350 g/mol. The minimum absolute atomic E-state index is 0.00452. The maximum absolute atomic E-state index is 12.1. The van der Waals surface area contributed by atoms with Crippen molar-refractivity contribution in [1.82, 2.24) is 0 Å². The summed E-state index contributed by atoms with van der Waals surface area (Å²) in [7, 11) is 0. The molecule has 0 spiro atoms. The van der Waals surface area contributed by atoms with Crippen LogP contribution in [0.3, 0.4) is 0 Å². The molecule has 0 aromatic heterocycles. The van der Waals surface area contributed by atoms with Crippen molar-refractivity contribution >= 4 is 40.0 Å². The lowest BCUT2D eigenvalue weighted by Gasteiger charge is -2.20. The van der Waals surface area contributed by atoms with Gasteiger partial charge in [0.25, 0.3) is 0 Å². The number of ether oxygens (including phenoxy) is 1. The fourth-order valence-corrected chi connectivity index (χ4v) is 2.35. The van der Waals surface area contributed by atoms with Gasteiger partial charge in [0, 0.05) is 21.7 Å². The summed E-state index contributed by atoms with van der Waals surface area (Å²) < 4.78 is 6.29. The Morgan fingerprint density at radius 1 is 1.50 bits per heavy atom. The Labute approximate surface area is 113 Å². The Hall–Kier alpha value is -0.130. The van der Waals surface area contributed by atoms with Crippen molar-refractivity contribution in [2.75, 3.05) is 13.2 Å². The van der Waals surface area contributed by atoms with E-state index >= 15 is 0 Å². The number of Topliss-reactive ketones (excluding diaryl/α,β-unsaturated/α-hetero) is 1. The van der Waals surface area contributed by atoms with E-state index in [2.05, 4.69) is 22.6 Å². The van der Waals surface area contributed by atoms with E-state index in [1.165, 1.54) is 0 Å². The highest BCUT2D eigenvalue weighted by atomic mass is 127. The molecule has 1 fully saturated rings. The smallest absolute Gasteiger partial charge is 0.168 e. The van der Waals surface area contributed by atoms with Crippen LogP contribution < -0.4 is 0 Å². The standard InChI is InChI=1S/C12H12ClIO2/c13-10-6-8(3-4-11(10)14)12(15)9-2-1-5-16-7-9/h3-4,6,9H,1-2,5,7H2. The minimum atomic E-state index is 0.00452. The third-order valence-corrected chi connectivity index (χ3v) is 4.31. The molecular weight excluding hydrogens is 338 g/mol. The van der Waals surface area contributed by atoms with Gasteiger partial charge in [-0.15, -0.1) is 0 Å². The van der Waals surface area contributed by atoms with Gasteiger partial charge in [0.2, 0.25) is 0 Å². The lowest BCUT2D eigenvalue weighted by molar-refractivity contribution is 0.0461. The summed E-state index contributed by atoms with van der Waals surface area (Å²) in [5.74, 6) is 0.155. The molecule has 0 aliphatic carbocycles. The molecular formula is C12H12ClIO2. The fraction of sp³-hybridized carbons (Fsp3) is 0.417. The van der Waals surface area contributed by atoms with Gasteiger partial charge in [0.15, 0.2) is 5.78 Å². The van der Waals surface area contributed by atoms with Gasteiger partial charge in [-0.2, -0.15) is 0 Å².